The maximum atomic E-state index is 12.5. The Balaban J connectivity index is 1.76. The highest BCUT2D eigenvalue weighted by Crippen LogP contribution is 2.32. The van der Waals surface area contributed by atoms with E-state index in [4.69, 9.17) is 9.47 Å². The summed E-state index contributed by atoms with van der Waals surface area (Å²) in [5.74, 6) is 1.40. The third-order valence-corrected chi connectivity index (χ3v) is 4.60. The van der Waals surface area contributed by atoms with E-state index in [0.717, 1.165) is 31.0 Å². The number of hydrogen-bond donors (Lipinski definition) is 1. The van der Waals surface area contributed by atoms with Crippen LogP contribution in [0.15, 0.2) is 30.6 Å². The Bertz CT molecular complexity index is 779. The van der Waals surface area contributed by atoms with Gasteiger partial charge in [0.2, 0.25) is 0 Å². The Labute approximate surface area is 162 Å². The van der Waals surface area contributed by atoms with Crippen LogP contribution in [-0.4, -0.2) is 53.5 Å². The summed E-state index contributed by atoms with van der Waals surface area (Å²) in [5.41, 5.74) is 0.948. The first kappa shape index (κ1) is 20.5. The summed E-state index contributed by atoms with van der Waals surface area (Å²) in [4.78, 5) is 6.78. The monoisotopic (exact) mass is 398 g/mol. The molecule has 1 aliphatic heterocycles. The average Bonchev–Trinajstić information content (AvgIpc) is 3.07. The zero-order chi connectivity index (χ0) is 20.1. The number of alkyl halides is 3. The molecule has 1 aliphatic rings. The third-order valence-electron chi connectivity index (χ3n) is 4.60. The Morgan fingerprint density at radius 2 is 2.07 bits per heavy atom. The molecule has 9 heteroatoms. The van der Waals surface area contributed by atoms with Crippen LogP contribution >= 0.6 is 0 Å². The number of rotatable bonds is 7. The minimum atomic E-state index is -4.39. The van der Waals surface area contributed by atoms with Crippen LogP contribution in [0.4, 0.5) is 13.2 Å². The second-order valence-corrected chi connectivity index (χ2v) is 6.70. The van der Waals surface area contributed by atoms with Crippen LogP contribution < -0.4 is 14.8 Å². The fourth-order valence-electron chi connectivity index (χ4n) is 3.32. The fraction of sp³-hybridized carbons (Fsp3) is 0.526. The van der Waals surface area contributed by atoms with E-state index in [1.165, 1.54) is 0 Å². The number of hydrogen-bond acceptors (Lipinski definition) is 5. The first-order valence-corrected chi connectivity index (χ1v) is 9.24. The van der Waals surface area contributed by atoms with Crippen molar-refractivity contribution < 1.29 is 22.6 Å². The van der Waals surface area contributed by atoms with E-state index < -0.39 is 12.8 Å². The van der Waals surface area contributed by atoms with Gasteiger partial charge in [-0.15, -0.1) is 0 Å². The molecular formula is C19H25F3N4O2. The van der Waals surface area contributed by atoms with E-state index in [-0.39, 0.29) is 11.8 Å². The van der Waals surface area contributed by atoms with Gasteiger partial charge in [0.15, 0.2) is 18.1 Å². The molecule has 6 nitrogen and oxygen atoms in total. The highest BCUT2D eigenvalue weighted by molar-refractivity contribution is 5.43. The molecule has 0 radical (unpaired) electrons. The summed E-state index contributed by atoms with van der Waals surface area (Å²) in [5, 5.41) is 3.39. The predicted octanol–water partition coefficient (Wildman–Crippen LogP) is 2.91. The minimum absolute atomic E-state index is 0.101. The number of imidazole rings is 1. The van der Waals surface area contributed by atoms with Gasteiger partial charge in [-0.2, -0.15) is 13.2 Å². The highest BCUT2D eigenvalue weighted by Gasteiger charge is 2.29. The van der Waals surface area contributed by atoms with Gasteiger partial charge in [-0.3, -0.25) is 4.90 Å². The molecule has 1 unspecified atom stereocenters. The zero-order valence-electron chi connectivity index (χ0n) is 16.0. The van der Waals surface area contributed by atoms with E-state index in [9.17, 15) is 13.2 Å². The van der Waals surface area contributed by atoms with Crippen LogP contribution in [0.25, 0.3) is 0 Å². The summed E-state index contributed by atoms with van der Waals surface area (Å²) in [6.45, 7) is 3.92. The maximum absolute atomic E-state index is 12.5. The lowest BCUT2D eigenvalue weighted by Gasteiger charge is -2.35. The summed E-state index contributed by atoms with van der Waals surface area (Å²) in [7, 11) is 1.97. The molecule has 0 amide bonds. The van der Waals surface area contributed by atoms with Gasteiger partial charge in [0.1, 0.15) is 5.82 Å². The molecule has 0 bridgehead atoms. The van der Waals surface area contributed by atoms with Gasteiger partial charge in [0, 0.05) is 45.6 Å². The van der Waals surface area contributed by atoms with Crippen molar-refractivity contribution in [3.05, 3.63) is 42.0 Å². The quantitative estimate of drug-likeness (QED) is 0.777. The van der Waals surface area contributed by atoms with Crippen LogP contribution in [0.5, 0.6) is 11.5 Å². The number of aryl methyl sites for hydroxylation is 1. The van der Waals surface area contributed by atoms with E-state index >= 15 is 0 Å². The smallest absolute Gasteiger partial charge is 0.422 e. The molecule has 1 aromatic heterocycles. The van der Waals surface area contributed by atoms with Gasteiger partial charge in [0.25, 0.3) is 0 Å². The molecule has 1 N–H and O–H groups in total. The zero-order valence-corrected chi connectivity index (χ0v) is 16.0. The van der Waals surface area contributed by atoms with Crippen LogP contribution in [0.1, 0.15) is 24.4 Å². The number of nitrogens with one attached hydrogen (secondary N) is 1. The number of piperazine rings is 1. The molecule has 2 aromatic rings. The molecular weight excluding hydrogens is 373 g/mol. The van der Waals surface area contributed by atoms with Crippen molar-refractivity contribution in [1.82, 2.24) is 19.8 Å². The van der Waals surface area contributed by atoms with Crippen molar-refractivity contribution in [3.8, 4) is 11.5 Å². The molecule has 3 rings (SSSR count). The first-order valence-electron chi connectivity index (χ1n) is 9.24. The highest BCUT2D eigenvalue weighted by atomic mass is 19.4. The van der Waals surface area contributed by atoms with Crippen LogP contribution in [0, 0.1) is 0 Å². The number of aromatic nitrogens is 2. The van der Waals surface area contributed by atoms with Gasteiger partial charge in [-0.05, 0) is 24.6 Å². The lowest BCUT2D eigenvalue weighted by Crippen LogP contribution is -2.46. The first-order chi connectivity index (χ1) is 13.4. The summed E-state index contributed by atoms with van der Waals surface area (Å²) in [6.07, 6.45) is -0.692. The molecule has 154 valence electrons. The topological polar surface area (TPSA) is 51.5 Å². The molecule has 0 spiro atoms. The fourth-order valence-corrected chi connectivity index (χ4v) is 3.32. The van der Waals surface area contributed by atoms with Crippen molar-refractivity contribution >= 4 is 0 Å². The summed E-state index contributed by atoms with van der Waals surface area (Å²) < 4.78 is 49.8. The van der Waals surface area contributed by atoms with Crippen LogP contribution in [-0.2, 0) is 13.6 Å². The Hall–Kier alpha value is -2.26. The summed E-state index contributed by atoms with van der Waals surface area (Å²) >= 11 is 0. The number of nitrogens with zero attached hydrogens (tertiary/aromatic N) is 3. The molecule has 0 saturated carbocycles. The minimum Gasteiger partial charge on any atom is -0.490 e. The standard InChI is InChI=1S/C19H25F3N4O2/c1-3-27-17-10-14(4-5-16(17)28-13-19(20,21)22)12-26-9-6-23-11-15(26)18-24-7-8-25(18)2/h4-5,7-8,10,15,23H,3,6,9,11-13H2,1-2H3. The molecule has 1 aromatic carbocycles. The second-order valence-electron chi connectivity index (χ2n) is 6.70. The lowest BCUT2D eigenvalue weighted by atomic mass is 10.1. The normalized spacial score (nSPS) is 18.2. The number of benzene rings is 1. The number of halogens is 3. The predicted molar refractivity (Wildman–Crippen MR) is 98.4 cm³/mol. The number of ether oxygens (including phenoxy) is 2. The van der Waals surface area contributed by atoms with Crippen molar-refractivity contribution in [2.24, 2.45) is 7.05 Å². The van der Waals surface area contributed by atoms with Gasteiger partial charge in [-0.1, -0.05) is 6.07 Å². The third kappa shape index (κ3) is 5.17. The molecule has 1 atom stereocenters. The van der Waals surface area contributed by atoms with E-state index in [0.29, 0.717) is 18.9 Å². The molecule has 2 heterocycles. The van der Waals surface area contributed by atoms with Gasteiger partial charge in [-0.25, -0.2) is 4.98 Å². The van der Waals surface area contributed by atoms with Crippen LogP contribution in [0.2, 0.25) is 0 Å². The Morgan fingerprint density at radius 1 is 1.25 bits per heavy atom. The Morgan fingerprint density at radius 3 is 2.75 bits per heavy atom. The maximum Gasteiger partial charge on any atom is 0.422 e. The van der Waals surface area contributed by atoms with E-state index in [2.05, 4.69) is 15.2 Å². The van der Waals surface area contributed by atoms with Crippen molar-refractivity contribution in [1.29, 1.82) is 0 Å². The van der Waals surface area contributed by atoms with Crippen LogP contribution in [0.3, 0.4) is 0 Å². The average molecular weight is 398 g/mol. The van der Waals surface area contributed by atoms with Crippen molar-refractivity contribution in [3.63, 3.8) is 0 Å². The van der Waals surface area contributed by atoms with E-state index in [1.54, 1.807) is 31.3 Å². The Kier molecular flexibility index (Phi) is 6.46. The molecule has 1 fully saturated rings. The van der Waals surface area contributed by atoms with Gasteiger partial charge in [0.05, 0.1) is 12.6 Å². The van der Waals surface area contributed by atoms with Gasteiger partial charge >= 0.3 is 6.18 Å². The summed E-state index contributed by atoms with van der Waals surface area (Å²) in [6, 6.07) is 5.20. The van der Waals surface area contributed by atoms with E-state index in [1.807, 2.05) is 17.8 Å². The molecule has 28 heavy (non-hydrogen) atoms. The van der Waals surface area contributed by atoms with Crippen molar-refractivity contribution in [2.45, 2.75) is 25.7 Å². The molecule has 1 saturated heterocycles. The molecule has 0 aliphatic carbocycles. The second kappa shape index (κ2) is 8.83. The van der Waals surface area contributed by atoms with Gasteiger partial charge < -0.3 is 19.4 Å². The van der Waals surface area contributed by atoms with Crippen molar-refractivity contribution in [2.75, 3.05) is 32.8 Å². The SMILES string of the molecule is CCOc1cc(CN2CCNCC2c2nccn2C)ccc1OCC(F)(F)F. The largest absolute Gasteiger partial charge is 0.490 e. The lowest BCUT2D eigenvalue weighted by molar-refractivity contribution is -0.153.